The van der Waals surface area contributed by atoms with Crippen molar-refractivity contribution in [3.8, 4) is 0 Å². The first kappa shape index (κ1) is 15.6. The Bertz CT molecular complexity index is 619. The second-order valence-corrected chi connectivity index (χ2v) is 5.26. The van der Waals surface area contributed by atoms with E-state index in [4.69, 9.17) is 20.8 Å². The zero-order valence-corrected chi connectivity index (χ0v) is 13.0. The van der Waals surface area contributed by atoms with Gasteiger partial charge in [0.05, 0.1) is 13.7 Å². The van der Waals surface area contributed by atoms with Gasteiger partial charge in [-0.1, -0.05) is 23.7 Å². The van der Waals surface area contributed by atoms with Crippen LogP contribution < -0.4 is 5.32 Å². The molecule has 0 amide bonds. The second-order valence-electron chi connectivity index (χ2n) is 4.83. The maximum atomic E-state index is 11.5. The molecule has 1 aromatic carbocycles. The second kappa shape index (κ2) is 6.78. The minimum absolute atomic E-state index is 0.147. The first-order valence-electron chi connectivity index (χ1n) is 6.67. The smallest absolute Gasteiger partial charge is 0.341 e. The van der Waals surface area contributed by atoms with E-state index in [0.29, 0.717) is 23.6 Å². The van der Waals surface area contributed by atoms with Gasteiger partial charge in [0.25, 0.3) is 0 Å². The number of benzene rings is 1. The van der Waals surface area contributed by atoms with E-state index in [1.807, 2.05) is 24.3 Å². The Kier molecular flexibility index (Phi) is 5.04. The molecule has 2 aromatic rings. The molecule has 2 rings (SSSR count). The third-order valence-corrected chi connectivity index (χ3v) is 3.58. The molecule has 112 valence electrons. The van der Waals surface area contributed by atoms with Crippen molar-refractivity contribution in [2.45, 2.75) is 26.4 Å². The monoisotopic (exact) mass is 307 g/mol. The number of carbonyl (C=O) groups excluding carboxylic acids is 1. The average molecular weight is 308 g/mol. The minimum atomic E-state index is -0.381. The van der Waals surface area contributed by atoms with Gasteiger partial charge < -0.3 is 14.5 Å². The largest absolute Gasteiger partial charge is 0.465 e. The lowest BCUT2D eigenvalue weighted by molar-refractivity contribution is 0.0599. The molecule has 1 atom stereocenters. The van der Waals surface area contributed by atoms with Crippen LogP contribution in [0.15, 0.2) is 34.7 Å². The predicted molar refractivity (Wildman–Crippen MR) is 81.5 cm³/mol. The van der Waals surface area contributed by atoms with Gasteiger partial charge in [-0.05, 0) is 37.6 Å². The normalized spacial score (nSPS) is 12.2. The molecular formula is C16H18ClNO3. The molecule has 1 heterocycles. The fraction of sp³-hybridized carbons (Fsp3) is 0.312. The van der Waals surface area contributed by atoms with Gasteiger partial charge in [0.2, 0.25) is 0 Å². The Morgan fingerprint density at radius 1 is 1.38 bits per heavy atom. The summed E-state index contributed by atoms with van der Waals surface area (Å²) in [4.78, 5) is 11.5. The Hall–Kier alpha value is -1.78. The van der Waals surface area contributed by atoms with E-state index in [1.165, 1.54) is 7.11 Å². The van der Waals surface area contributed by atoms with Crippen LogP contribution in [0.3, 0.4) is 0 Å². The van der Waals surface area contributed by atoms with Crippen molar-refractivity contribution in [1.82, 2.24) is 5.32 Å². The molecule has 21 heavy (non-hydrogen) atoms. The highest BCUT2D eigenvalue weighted by molar-refractivity contribution is 6.30. The number of hydrogen-bond acceptors (Lipinski definition) is 4. The molecule has 0 saturated heterocycles. The van der Waals surface area contributed by atoms with Gasteiger partial charge >= 0.3 is 5.97 Å². The molecule has 0 radical (unpaired) electrons. The molecule has 5 heteroatoms. The molecule has 0 aliphatic heterocycles. The van der Waals surface area contributed by atoms with Crippen LogP contribution >= 0.6 is 11.6 Å². The van der Waals surface area contributed by atoms with E-state index in [2.05, 4.69) is 12.2 Å². The van der Waals surface area contributed by atoms with E-state index in [-0.39, 0.29) is 12.0 Å². The maximum absolute atomic E-state index is 11.5. The van der Waals surface area contributed by atoms with Crippen LogP contribution in [0.5, 0.6) is 0 Å². The first-order valence-corrected chi connectivity index (χ1v) is 7.05. The van der Waals surface area contributed by atoms with Crippen LogP contribution in [0.2, 0.25) is 5.02 Å². The molecule has 1 N–H and O–H groups in total. The van der Waals surface area contributed by atoms with Crippen LogP contribution in [-0.4, -0.2) is 13.1 Å². The highest BCUT2D eigenvalue weighted by atomic mass is 35.5. The lowest BCUT2D eigenvalue weighted by Crippen LogP contribution is -2.17. The number of halogens is 1. The number of rotatable bonds is 5. The van der Waals surface area contributed by atoms with E-state index in [1.54, 1.807) is 13.0 Å². The number of esters is 1. The van der Waals surface area contributed by atoms with Crippen LogP contribution in [0.1, 0.15) is 40.4 Å². The maximum Gasteiger partial charge on any atom is 0.341 e. The Balaban J connectivity index is 1.99. The summed E-state index contributed by atoms with van der Waals surface area (Å²) in [7, 11) is 1.36. The number of aryl methyl sites for hydroxylation is 1. The molecule has 0 bridgehead atoms. The van der Waals surface area contributed by atoms with Gasteiger partial charge in [0.15, 0.2) is 0 Å². The number of ether oxygens (including phenoxy) is 1. The number of nitrogens with one attached hydrogen (secondary N) is 1. The van der Waals surface area contributed by atoms with Gasteiger partial charge in [0, 0.05) is 11.1 Å². The number of methoxy groups -OCH3 is 1. The Morgan fingerprint density at radius 3 is 2.67 bits per heavy atom. The summed E-state index contributed by atoms with van der Waals surface area (Å²) in [5.74, 6) is 0.889. The lowest BCUT2D eigenvalue weighted by atomic mass is 10.1. The SMILES string of the molecule is COC(=O)c1cc(CNC(C)c2ccc(Cl)cc2)oc1C. The molecule has 0 aliphatic rings. The third kappa shape index (κ3) is 3.86. The number of furan rings is 1. The van der Waals surface area contributed by atoms with E-state index in [9.17, 15) is 4.79 Å². The minimum Gasteiger partial charge on any atom is -0.465 e. The summed E-state index contributed by atoms with van der Waals surface area (Å²) in [5.41, 5.74) is 1.60. The van der Waals surface area contributed by atoms with Crippen LogP contribution in [0.4, 0.5) is 0 Å². The summed E-state index contributed by atoms with van der Waals surface area (Å²) in [6, 6.07) is 9.54. The van der Waals surface area contributed by atoms with Crippen molar-refractivity contribution < 1.29 is 13.9 Å². The zero-order valence-electron chi connectivity index (χ0n) is 12.3. The average Bonchev–Trinajstić information content (AvgIpc) is 2.86. The summed E-state index contributed by atoms with van der Waals surface area (Å²) in [6.45, 7) is 4.33. The summed E-state index contributed by atoms with van der Waals surface area (Å²) < 4.78 is 10.3. The summed E-state index contributed by atoms with van der Waals surface area (Å²) in [5, 5.41) is 4.06. The van der Waals surface area contributed by atoms with Crippen molar-refractivity contribution in [1.29, 1.82) is 0 Å². The van der Waals surface area contributed by atoms with Crippen LogP contribution in [-0.2, 0) is 11.3 Å². The highest BCUT2D eigenvalue weighted by Crippen LogP contribution is 2.19. The number of carbonyl (C=O) groups is 1. The molecule has 4 nitrogen and oxygen atoms in total. The van der Waals surface area contributed by atoms with Crippen LogP contribution in [0.25, 0.3) is 0 Å². The third-order valence-electron chi connectivity index (χ3n) is 3.33. The summed E-state index contributed by atoms with van der Waals surface area (Å²) in [6.07, 6.45) is 0. The molecule has 0 fully saturated rings. The van der Waals surface area contributed by atoms with Crippen molar-refractivity contribution in [3.63, 3.8) is 0 Å². The number of hydrogen-bond donors (Lipinski definition) is 1. The Labute approximate surface area is 129 Å². The van der Waals surface area contributed by atoms with Gasteiger partial charge in [-0.3, -0.25) is 0 Å². The molecule has 0 aliphatic carbocycles. The lowest BCUT2D eigenvalue weighted by Gasteiger charge is -2.13. The van der Waals surface area contributed by atoms with Gasteiger partial charge in [-0.15, -0.1) is 0 Å². The topological polar surface area (TPSA) is 51.5 Å². The van der Waals surface area contributed by atoms with E-state index >= 15 is 0 Å². The van der Waals surface area contributed by atoms with Crippen molar-refractivity contribution in [2.24, 2.45) is 0 Å². The molecular weight excluding hydrogens is 290 g/mol. The molecule has 1 unspecified atom stereocenters. The summed E-state index contributed by atoms with van der Waals surface area (Å²) >= 11 is 5.87. The Morgan fingerprint density at radius 2 is 2.05 bits per heavy atom. The van der Waals surface area contributed by atoms with Crippen molar-refractivity contribution >= 4 is 17.6 Å². The molecule has 0 saturated carbocycles. The first-order chi connectivity index (χ1) is 10.0. The fourth-order valence-corrected chi connectivity index (χ4v) is 2.19. The van der Waals surface area contributed by atoms with E-state index < -0.39 is 0 Å². The fourth-order valence-electron chi connectivity index (χ4n) is 2.07. The van der Waals surface area contributed by atoms with Crippen LogP contribution in [0, 0.1) is 6.92 Å². The predicted octanol–water partition coefficient (Wildman–Crippen LogP) is 3.88. The highest BCUT2D eigenvalue weighted by Gasteiger charge is 2.15. The van der Waals surface area contributed by atoms with Gasteiger partial charge in [0.1, 0.15) is 17.1 Å². The van der Waals surface area contributed by atoms with Gasteiger partial charge in [-0.2, -0.15) is 0 Å². The van der Waals surface area contributed by atoms with Crippen molar-refractivity contribution in [3.05, 3.63) is 58.0 Å². The standard InChI is InChI=1S/C16H18ClNO3/c1-10(12-4-6-13(17)7-5-12)18-9-14-8-15(11(2)21-14)16(19)20-3/h4-8,10,18H,9H2,1-3H3. The quantitative estimate of drug-likeness (QED) is 0.852. The van der Waals surface area contributed by atoms with E-state index in [0.717, 1.165) is 10.6 Å². The zero-order chi connectivity index (χ0) is 15.4. The van der Waals surface area contributed by atoms with Crippen molar-refractivity contribution in [2.75, 3.05) is 7.11 Å². The van der Waals surface area contributed by atoms with Gasteiger partial charge in [-0.25, -0.2) is 4.79 Å². The molecule has 1 aromatic heterocycles. The molecule has 0 spiro atoms.